The summed E-state index contributed by atoms with van der Waals surface area (Å²) in [5.41, 5.74) is 0.249. The maximum Gasteiger partial charge on any atom is 0.319 e. The summed E-state index contributed by atoms with van der Waals surface area (Å²) in [6, 6.07) is 6.31. The van der Waals surface area contributed by atoms with Gasteiger partial charge in [0.2, 0.25) is 0 Å². The fourth-order valence-corrected chi connectivity index (χ4v) is 5.03. The number of rotatable bonds is 2. The number of hydrogen-bond acceptors (Lipinski definition) is 1. The van der Waals surface area contributed by atoms with E-state index in [1.54, 1.807) is 18.2 Å². The van der Waals surface area contributed by atoms with Crippen LogP contribution in [0.4, 0.5) is 14.9 Å². The number of amides is 2. The monoisotopic (exact) mass is 288 g/mol. The van der Waals surface area contributed by atoms with Gasteiger partial charge in [-0.05, 0) is 67.9 Å². The predicted molar refractivity (Wildman–Crippen MR) is 79.4 cm³/mol. The number of nitrogens with one attached hydrogen (secondary N) is 2. The molecule has 112 valence electrons. The molecule has 4 bridgehead atoms. The van der Waals surface area contributed by atoms with Crippen molar-refractivity contribution in [3.05, 3.63) is 30.1 Å². The van der Waals surface area contributed by atoms with Crippen LogP contribution in [0.1, 0.15) is 32.1 Å². The summed E-state index contributed by atoms with van der Waals surface area (Å²) < 4.78 is 13.6. The number of urea groups is 1. The fraction of sp³-hybridized carbons (Fsp3) is 0.588. The third-order valence-electron chi connectivity index (χ3n) is 5.65. The van der Waals surface area contributed by atoms with Gasteiger partial charge in [0.05, 0.1) is 5.69 Å². The second kappa shape index (κ2) is 5.00. The van der Waals surface area contributed by atoms with Gasteiger partial charge in [0.1, 0.15) is 5.82 Å². The molecular formula is C17H21FN2O. The quantitative estimate of drug-likeness (QED) is 0.854. The van der Waals surface area contributed by atoms with E-state index >= 15 is 0 Å². The SMILES string of the molecule is O=C(Nc1ccccc1F)NC1C2CC3CC(C2)CC1C3. The number of carbonyl (C=O) groups is 1. The summed E-state index contributed by atoms with van der Waals surface area (Å²) in [5.74, 6) is 2.65. The molecule has 2 amide bonds. The van der Waals surface area contributed by atoms with E-state index in [1.165, 1.54) is 38.2 Å². The Morgan fingerprint density at radius 3 is 2.24 bits per heavy atom. The molecule has 4 heteroatoms. The van der Waals surface area contributed by atoms with E-state index in [0.717, 1.165) is 11.8 Å². The molecule has 4 fully saturated rings. The van der Waals surface area contributed by atoms with E-state index < -0.39 is 5.82 Å². The lowest BCUT2D eigenvalue weighted by atomic mass is 9.54. The first kappa shape index (κ1) is 13.1. The van der Waals surface area contributed by atoms with E-state index in [2.05, 4.69) is 10.6 Å². The van der Waals surface area contributed by atoms with Gasteiger partial charge in [-0.25, -0.2) is 9.18 Å². The molecule has 3 nitrogen and oxygen atoms in total. The number of halogens is 1. The highest BCUT2D eigenvalue weighted by Gasteiger charge is 2.48. The molecule has 0 aliphatic heterocycles. The van der Waals surface area contributed by atoms with Crippen LogP contribution in [-0.2, 0) is 0 Å². The predicted octanol–water partition coefficient (Wildman–Crippen LogP) is 3.77. The maximum atomic E-state index is 13.6. The van der Waals surface area contributed by atoms with Crippen molar-refractivity contribution >= 4 is 11.7 Å². The highest BCUT2D eigenvalue weighted by atomic mass is 19.1. The van der Waals surface area contributed by atoms with Gasteiger partial charge in [0.15, 0.2) is 0 Å². The summed E-state index contributed by atoms with van der Waals surface area (Å²) in [7, 11) is 0. The highest BCUT2D eigenvalue weighted by molar-refractivity contribution is 5.89. The van der Waals surface area contributed by atoms with Crippen LogP contribution in [0.15, 0.2) is 24.3 Å². The zero-order valence-corrected chi connectivity index (χ0v) is 12.0. The Bertz CT molecular complexity index is 531. The molecule has 5 rings (SSSR count). The van der Waals surface area contributed by atoms with Crippen LogP contribution < -0.4 is 10.6 Å². The Hall–Kier alpha value is -1.58. The van der Waals surface area contributed by atoms with Crippen LogP contribution in [0, 0.1) is 29.5 Å². The van der Waals surface area contributed by atoms with Crippen molar-refractivity contribution in [1.82, 2.24) is 5.32 Å². The molecular weight excluding hydrogens is 267 g/mol. The smallest absolute Gasteiger partial charge is 0.319 e. The molecule has 0 heterocycles. The normalized spacial score (nSPS) is 36.5. The molecule has 4 aliphatic rings. The molecule has 0 atom stereocenters. The van der Waals surface area contributed by atoms with Crippen LogP contribution in [0.5, 0.6) is 0 Å². The van der Waals surface area contributed by atoms with Crippen molar-refractivity contribution in [1.29, 1.82) is 0 Å². The second-order valence-electron chi connectivity index (χ2n) is 7.03. The first-order chi connectivity index (χ1) is 10.2. The van der Waals surface area contributed by atoms with E-state index in [4.69, 9.17) is 0 Å². The van der Waals surface area contributed by atoms with Crippen LogP contribution in [-0.4, -0.2) is 12.1 Å². The van der Waals surface area contributed by atoms with Gasteiger partial charge in [-0.1, -0.05) is 12.1 Å². The summed E-state index contributed by atoms with van der Waals surface area (Å²) in [4.78, 5) is 12.2. The molecule has 0 radical (unpaired) electrons. The lowest BCUT2D eigenvalue weighted by Crippen LogP contribution is -2.56. The zero-order chi connectivity index (χ0) is 14.4. The van der Waals surface area contributed by atoms with E-state index in [0.29, 0.717) is 11.8 Å². The molecule has 0 aromatic heterocycles. The van der Waals surface area contributed by atoms with Crippen LogP contribution in [0.2, 0.25) is 0 Å². The second-order valence-corrected chi connectivity index (χ2v) is 7.03. The molecule has 2 N–H and O–H groups in total. The van der Waals surface area contributed by atoms with E-state index in [-0.39, 0.29) is 17.8 Å². The Morgan fingerprint density at radius 1 is 1.00 bits per heavy atom. The van der Waals surface area contributed by atoms with E-state index in [1.807, 2.05) is 0 Å². The summed E-state index contributed by atoms with van der Waals surface area (Å²) in [6.07, 6.45) is 6.45. The first-order valence-corrected chi connectivity index (χ1v) is 8.01. The third-order valence-corrected chi connectivity index (χ3v) is 5.65. The largest absolute Gasteiger partial charge is 0.335 e. The molecule has 21 heavy (non-hydrogen) atoms. The molecule has 0 saturated heterocycles. The van der Waals surface area contributed by atoms with Gasteiger partial charge >= 0.3 is 6.03 Å². The summed E-state index contributed by atoms with van der Waals surface area (Å²) in [6.45, 7) is 0. The van der Waals surface area contributed by atoms with Crippen molar-refractivity contribution in [2.45, 2.75) is 38.1 Å². The van der Waals surface area contributed by atoms with Crippen molar-refractivity contribution in [3.63, 3.8) is 0 Å². The zero-order valence-electron chi connectivity index (χ0n) is 12.0. The van der Waals surface area contributed by atoms with Crippen LogP contribution in [0.3, 0.4) is 0 Å². The van der Waals surface area contributed by atoms with E-state index in [9.17, 15) is 9.18 Å². The van der Waals surface area contributed by atoms with Crippen LogP contribution in [0.25, 0.3) is 0 Å². The molecule has 1 aromatic rings. The number of hydrogen-bond donors (Lipinski definition) is 2. The standard InChI is InChI=1S/C17H21FN2O/c18-14-3-1-2-4-15(14)19-17(21)20-16-12-6-10-5-11(8-12)9-13(16)7-10/h1-4,10-13,16H,5-9H2,(H2,19,20,21). The average Bonchev–Trinajstić information content (AvgIpc) is 2.44. The minimum absolute atomic E-state index is 0.249. The molecule has 1 aromatic carbocycles. The Kier molecular flexibility index (Phi) is 3.12. The topological polar surface area (TPSA) is 41.1 Å². The van der Waals surface area contributed by atoms with Gasteiger partial charge in [-0.3, -0.25) is 0 Å². The highest BCUT2D eigenvalue weighted by Crippen LogP contribution is 2.53. The Labute approximate surface area is 124 Å². The van der Waals surface area contributed by atoms with Gasteiger partial charge in [0.25, 0.3) is 0 Å². The first-order valence-electron chi connectivity index (χ1n) is 8.01. The fourth-order valence-electron chi connectivity index (χ4n) is 5.03. The maximum absolute atomic E-state index is 13.6. The van der Waals surface area contributed by atoms with Crippen molar-refractivity contribution in [2.75, 3.05) is 5.32 Å². The molecule has 4 saturated carbocycles. The lowest BCUT2D eigenvalue weighted by Gasteiger charge is -2.54. The minimum atomic E-state index is -0.391. The number of para-hydroxylation sites is 1. The lowest BCUT2D eigenvalue weighted by molar-refractivity contribution is -0.00883. The van der Waals surface area contributed by atoms with Gasteiger partial charge in [0, 0.05) is 6.04 Å². The third kappa shape index (κ3) is 2.41. The molecule has 4 aliphatic carbocycles. The minimum Gasteiger partial charge on any atom is -0.335 e. The van der Waals surface area contributed by atoms with Crippen molar-refractivity contribution in [3.8, 4) is 0 Å². The summed E-state index contributed by atoms with van der Waals surface area (Å²) in [5, 5.41) is 5.77. The molecule has 0 unspecified atom stereocenters. The Balaban J connectivity index is 1.42. The number of anilines is 1. The van der Waals surface area contributed by atoms with Gasteiger partial charge < -0.3 is 10.6 Å². The van der Waals surface area contributed by atoms with Crippen molar-refractivity contribution in [2.24, 2.45) is 23.7 Å². The Morgan fingerprint density at radius 2 is 1.62 bits per heavy atom. The van der Waals surface area contributed by atoms with Crippen molar-refractivity contribution < 1.29 is 9.18 Å². The average molecular weight is 288 g/mol. The molecule has 0 spiro atoms. The van der Waals surface area contributed by atoms with Gasteiger partial charge in [-0.2, -0.15) is 0 Å². The summed E-state index contributed by atoms with van der Waals surface area (Å²) >= 11 is 0. The van der Waals surface area contributed by atoms with Crippen LogP contribution >= 0.6 is 0 Å². The number of benzene rings is 1. The number of carbonyl (C=O) groups excluding carboxylic acids is 1. The van der Waals surface area contributed by atoms with Gasteiger partial charge in [-0.15, -0.1) is 0 Å².